The molecule has 2 heterocycles. The van der Waals surface area contributed by atoms with Gasteiger partial charge in [-0.1, -0.05) is 29.3 Å². The summed E-state index contributed by atoms with van der Waals surface area (Å²) >= 11 is 0. The van der Waals surface area contributed by atoms with Gasteiger partial charge >= 0.3 is 0 Å². The predicted molar refractivity (Wildman–Crippen MR) is 88.4 cm³/mol. The van der Waals surface area contributed by atoms with Crippen LogP contribution in [0, 0.1) is 27.7 Å². The van der Waals surface area contributed by atoms with E-state index in [-0.39, 0.29) is 0 Å². The maximum atomic E-state index is 4.43. The maximum Gasteiger partial charge on any atom is 0.254 e. The van der Waals surface area contributed by atoms with Crippen molar-refractivity contribution < 1.29 is 0 Å². The summed E-state index contributed by atoms with van der Waals surface area (Å²) in [5.41, 5.74) is 6.06. The van der Waals surface area contributed by atoms with Crippen LogP contribution in [0.2, 0.25) is 0 Å². The van der Waals surface area contributed by atoms with Crippen molar-refractivity contribution in [2.45, 2.75) is 34.1 Å². The molecule has 0 bridgehead atoms. The normalized spacial score (nSPS) is 11.1. The van der Waals surface area contributed by atoms with Crippen LogP contribution < -0.4 is 5.32 Å². The molecule has 0 saturated heterocycles. The summed E-state index contributed by atoms with van der Waals surface area (Å²) in [6, 6.07) is 6.68. The van der Waals surface area contributed by atoms with Crippen LogP contribution in [0.5, 0.6) is 0 Å². The highest BCUT2D eigenvalue weighted by Gasteiger charge is 2.10. The number of nitrogens with zero attached hydrogens (tertiary/aromatic N) is 4. The van der Waals surface area contributed by atoms with E-state index < -0.39 is 0 Å². The molecule has 22 heavy (non-hydrogen) atoms. The van der Waals surface area contributed by atoms with Crippen LogP contribution in [0.25, 0.3) is 5.78 Å². The number of hydrogen-bond acceptors (Lipinski definition) is 4. The van der Waals surface area contributed by atoms with Crippen molar-refractivity contribution >= 4 is 11.6 Å². The monoisotopic (exact) mass is 295 g/mol. The lowest BCUT2D eigenvalue weighted by Gasteiger charge is -2.13. The largest absolute Gasteiger partial charge is 0.369 e. The minimum absolute atomic E-state index is 0.636. The molecule has 0 aliphatic heterocycles. The molecule has 0 atom stereocenters. The lowest BCUT2D eigenvalue weighted by atomic mass is 10.1. The SMILES string of the molecule is Cc1cc(C)cc(CCNc2c(C)c(C)nc3ncnn23)c1. The van der Waals surface area contributed by atoms with E-state index in [2.05, 4.69) is 59.4 Å². The number of nitrogens with one attached hydrogen (secondary N) is 1. The standard InChI is InChI=1S/C17H21N5/c1-11-7-12(2)9-15(8-11)5-6-18-16-13(3)14(4)21-17-19-10-20-22(16)17/h7-10,18H,5-6H2,1-4H3. The third-order valence-corrected chi connectivity index (χ3v) is 3.89. The van der Waals surface area contributed by atoms with Crippen molar-refractivity contribution in [3.63, 3.8) is 0 Å². The van der Waals surface area contributed by atoms with Gasteiger partial charge in [0.2, 0.25) is 0 Å². The Hall–Kier alpha value is -2.43. The maximum absolute atomic E-state index is 4.43. The van der Waals surface area contributed by atoms with E-state index in [9.17, 15) is 0 Å². The Balaban J connectivity index is 1.79. The third kappa shape index (κ3) is 2.79. The number of benzene rings is 1. The fourth-order valence-electron chi connectivity index (χ4n) is 2.78. The molecule has 0 radical (unpaired) electrons. The average molecular weight is 295 g/mol. The summed E-state index contributed by atoms with van der Waals surface area (Å²) in [5, 5.41) is 7.75. The second kappa shape index (κ2) is 5.75. The lowest BCUT2D eigenvalue weighted by molar-refractivity contribution is 0.893. The van der Waals surface area contributed by atoms with Crippen molar-refractivity contribution in [2.24, 2.45) is 0 Å². The molecule has 0 saturated carbocycles. The lowest BCUT2D eigenvalue weighted by Crippen LogP contribution is -2.12. The third-order valence-electron chi connectivity index (χ3n) is 3.89. The first-order chi connectivity index (χ1) is 10.5. The average Bonchev–Trinajstić information content (AvgIpc) is 2.89. The molecule has 5 heteroatoms. The second-order valence-electron chi connectivity index (χ2n) is 5.82. The molecule has 3 aromatic rings. The van der Waals surface area contributed by atoms with Gasteiger partial charge < -0.3 is 5.32 Å². The summed E-state index contributed by atoms with van der Waals surface area (Å²) in [4.78, 5) is 8.61. The highest BCUT2D eigenvalue weighted by Crippen LogP contribution is 2.18. The molecule has 0 aliphatic carbocycles. The molecule has 0 fully saturated rings. The Labute approximate surface area is 130 Å². The first-order valence-electron chi connectivity index (χ1n) is 7.52. The number of rotatable bonds is 4. The van der Waals surface area contributed by atoms with Gasteiger partial charge in [0.1, 0.15) is 12.1 Å². The Kier molecular flexibility index (Phi) is 3.79. The molecule has 1 aromatic carbocycles. The van der Waals surface area contributed by atoms with Gasteiger partial charge in [0.05, 0.1) is 0 Å². The van der Waals surface area contributed by atoms with E-state index in [0.717, 1.165) is 30.0 Å². The minimum atomic E-state index is 0.636. The van der Waals surface area contributed by atoms with E-state index in [1.165, 1.54) is 23.0 Å². The summed E-state index contributed by atoms with van der Waals surface area (Å²) in [6.07, 6.45) is 2.51. The van der Waals surface area contributed by atoms with E-state index >= 15 is 0 Å². The van der Waals surface area contributed by atoms with Crippen LogP contribution in [0.1, 0.15) is 27.9 Å². The van der Waals surface area contributed by atoms with Gasteiger partial charge in [0.25, 0.3) is 5.78 Å². The zero-order chi connectivity index (χ0) is 15.7. The van der Waals surface area contributed by atoms with E-state index in [1.54, 1.807) is 4.52 Å². The molecule has 0 unspecified atom stereocenters. The second-order valence-corrected chi connectivity index (χ2v) is 5.82. The summed E-state index contributed by atoms with van der Waals surface area (Å²) in [7, 11) is 0. The quantitative estimate of drug-likeness (QED) is 0.804. The fourth-order valence-corrected chi connectivity index (χ4v) is 2.78. The molecule has 5 nitrogen and oxygen atoms in total. The Morgan fingerprint density at radius 3 is 2.50 bits per heavy atom. The Morgan fingerprint density at radius 1 is 1.05 bits per heavy atom. The molecular weight excluding hydrogens is 274 g/mol. The number of fused-ring (bicyclic) bond motifs is 1. The van der Waals surface area contributed by atoms with Crippen LogP contribution >= 0.6 is 0 Å². The van der Waals surface area contributed by atoms with Crippen molar-refractivity contribution in [1.82, 2.24) is 19.6 Å². The van der Waals surface area contributed by atoms with Crippen molar-refractivity contribution in [3.05, 3.63) is 52.5 Å². The van der Waals surface area contributed by atoms with Gasteiger partial charge in [0.15, 0.2) is 0 Å². The topological polar surface area (TPSA) is 55.1 Å². The molecule has 0 amide bonds. The van der Waals surface area contributed by atoms with Gasteiger partial charge in [-0.25, -0.2) is 4.98 Å². The smallest absolute Gasteiger partial charge is 0.254 e. The van der Waals surface area contributed by atoms with Crippen molar-refractivity contribution in [2.75, 3.05) is 11.9 Å². The molecule has 2 aromatic heterocycles. The van der Waals surface area contributed by atoms with Crippen LogP contribution in [-0.2, 0) is 6.42 Å². The molecule has 0 aliphatic rings. The number of hydrogen-bond donors (Lipinski definition) is 1. The van der Waals surface area contributed by atoms with Crippen LogP contribution in [-0.4, -0.2) is 26.1 Å². The zero-order valence-electron chi connectivity index (χ0n) is 13.5. The van der Waals surface area contributed by atoms with E-state index in [0.29, 0.717) is 5.78 Å². The van der Waals surface area contributed by atoms with Crippen LogP contribution in [0.4, 0.5) is 5.82 Å². The zero-order valence-corrected chi connectivity index (χ0v) is 13.5. The van der Waals surface area contributed by atoms with E-state index in [1.807, 2.05) is 6.92 Å². The van der Waals surface area contributed by atoms with Crippen LogP contribution in [0.3, 0.4) is 0 Å². The first kappa shape index (κ1) is 14.5. The number of aryl methyl sites for hydroxylation is 3. The number of anilines is 1. The predicted octanol–water partition coefficient (Wildman–Crippen LogP) is 3.01. The molecule has 3 rings (SSSR count). The first-order valence-corrected chi connectivity index (χ1v) is 7.52. The fraction of sp³-hybridized carbons (Fsp3) is 0.353. The van der Waals surface area contributed by atoms with Gasteiger partial charge in [-0.3, -0.25) is 0 Å². The summed E-state index contributed by atoms with van der Waals surface area (Å²) < 4.78 is 1.77. The highest BCUT2D eigenvalue weighted by atomic mass is 15.4. The van der Waals surface area contributed by atoms with Gasteiger partial charge in [-0.05, 0) is 39.7 Å². The highest BCUT2D eigenvalue weighted by molar-refractivity contribution is 5.51. The van der Waals surface area contributed by atoms with Gasteiger partial charge in [-0.2, -0.15) is 14.6 Å². The Bertz CT molecular complexity index is 799. The molecule has 1 N–H and O–H groups in total. The van der Waals surface area contributed by atoms with Gasteiger partial charge in [-0.15, -0.1) is 0 Å². The Morgan fingerprint density at radius 2 is 1.77 bits per heavy atom. The van der Waals surface area contributed by atoms with Crippen LogP contribution in [0.15, 0.2) is 24.5 Å². The van der Waals surface area contributed by atoms with Gasteiger partial charge in [0, 0.05) is 17.8 Å². The molecule has 114 valence electrons. The summed E-state index contributed by atoms with van der Waals surface area (Å²) in [5.74, 6) is 1.61. The van der Waals surface area contributed by atoms with Crippen molar-refractivity contribution in [1.29, 1.82) is 0 Å². The summed E-state index contributed by atoms with van der Waals surface area (Å²) in [6.45, 7) is 9.18. The minimum Gasteiger partial charge on any atom is -0.369 e. The molecular formula is C17H21N5. The van der Waals surface area contributed by atoms with E-state index in [4.69, 9.17) is 0 Å². The van der Waals surface area contributed by atoms with Crippen molar-refractivity contribution in [3.8, 4) is 0 Å². The number of aromatic nitrogens is 4. The molecule has 0 spiro atoms.